The Kier molecular flexibility index (Phi) is 5.76. The highest BCUT2D eigenvalue weighted by Crippen LogP contribution is 2.72. The highest BCUT2D eigenvalue weighted by molar-refractivity contribution is 7.16. The van der Waals surface area contributed by atoms with E-state index in [-0.39, 0.29) is 34.1 Å². The second kappa shape index (κ2) is 8.63. The van der Waals surface area contributed by atoms with Crippen LogP contribution in [0, 0.1) is 29.0 Å². The lowest BCUT2D eigenvalue weighted by molar-refractivity contribution is 0.0939. The van der Waals surface area contributed by atoms with Crippen molar-refractivity contribution in [2.24, 2.45) is 23.2 Å². The number of fused-ring (bicyclic) bond motifs is 1. The zero-order valence-corrected chi connectivity index (χ0v) is 21.8. The standard InChI is InChI=1S/C27H33F2N4O2P/c1-14(15-4-3-5-16(24(15)28)25(29)36)31-26(35)20-13-33(22-9-27(22)6-7-27)23(34)8-21(20)30-10-17-18-11-32(2)12-19(17)18/h3-5,8,13-14,17-19,22,25,30H,6-7,9-12,36H2,1-2H3,(H,31,35)/t14-,17?,18?,19?,22+,25?/m1/s1. The lowest BCUT2D eigenvalue weighted by Gasteiger charge is -2.20. The number of piperidine rings is 1. The first kappa shape index (κ1) is 24.1. The Labute approximate surface area is 212 Å². The highest BCUT2D eigenvalue weighted by atomic mass is 31.0. The Morgan fingerprint density at radius 2 is 1.94 bits per heavy atom. The molecule has 1 spiro atoms. The summed E-state index contributed by atoms with van der Waals surface area (Å²) in [7, 11) is 4.09. The van der Waals surface area contributed by atoms with Gasteiger partial charge >= 0.3 is 0 Å². The van der Waals surface area contributed by atoms with Crippen LogP contribution in [-0.4, -0.2) is 42.1 Å². The molecular formula is C27H33F2N4O2P. The van der Waals surface area contributed by atoms with Crippen LogP contribution in [0.4, 0.5) is 14.5 Å². The molecule has 4 unspecified atom stereocenters. The Morgan fingerprint density at radius 3 is 2.58 bits per heavy atom. The first-order chi connectivity index (χ1) is 17.2. The monoisotopic (exact) mass is 514 g/mol. The van der Waals surface area contributed by atoms with Crippen LogP contribution in [0.2, 0.25) is 0 Å². The molecule has 6 rings (SSSR count). The number of nitrogens with one attached hydrogen (secondary N) is 2. The summed E-state index contributed by atoms with van der Waals surface area (Å²) in [5.74, 6) is -0.668. The average Bonchev–Trinajstić information content (AvgIpc) is 3.79. The Morgan fingerprint density at radius 1 is 1.25 bits per heavy atom. The third-order valence-electron chi connectivity index (χ3n) is 8.95. The summed E-state index contributed by atoms with van der Waals surface area (Å²) in [6, 6.07) is 5.56. The number of hydrogen-bond donors (Lipinski definition) is 2. The molecule has 192 valence electrons. The van der Waals surface area contributed by atoms with Gasteiger partial charge < -0.3 is 20.1 Å². The molecule has 6 nitrogen and oxygen atoms in total. The van der Waals surface area contributed by atoms with Gasteiger partial charge in [-0.05, 0) is 56.4 Å². The fourth-order valence-electron chi connectivity index (χ4n) is 6.40. The van der Waals surface area contributed by atoms with Gasteiger partial charge in [0, 0.05) is 49.1 Å². The van der Waals surface area contributed by atoms with Crippen molar-refractivity contribution in [3.05, 3.63) is 63.3 Å². The van der Waals surface area contributed by atoms with Crippen LogP contribution >= 0.6 is 9.24 Å². The number of benzene rings is 1. The van der Waals surface area contributed by atoms with Crippen LogP contribution in [0.3, 0.4) is 0 Å². The number of nitrogens with zero attached hydrogens (tertiary/aromatic N) is 2. The Bertz CT molecular complexity index is 1260. The average molecular weight is 515 g/mol. The van der Waals surface area contributed by atoms with E-state index in [9.17, 15) is 18.4 Å². The zero-order valence-electron chi connectivity index (χ0n) is 20.6. The molecule has 2 heterocycles. The molecule has 1 saturated heterocycles. The van der Waals surface area contributed by atoms with Gasteiger partial charge in [0.05, 0.1) is 17.3 Å². The minimum absolute atomic E-state index is 0.0569. The van der Waals surface area contributed by atoms with Gasteiger partial charge in [-0.15, -0.1) is 0 Å². The summed E-state index contributed by atoms with van der Waals surface area (Å²) in [5, 5.41) is 6.27. The number of aromatic nitrogens is 1. The predicted molar refractivity (Wildman–Crippen MR) is 138 cm³/mol. The van der Waals surface area contributed by atoms with E-state index < -0.39 is 17.8 Å². The number of halogens is 2. The minimum atomic E-state index is -1.53. The number of amides is 1. The highest BCUT2D eigenvalue weighted by Gasteiger charge is 2.64. The van der Waals surface area contributed by atoms with Crippen molar-refractivity contribution < 1.29 is 13.6 Å². The summed E-state index contributed by atoms with van der Waals surface area (Å²) in [5.41, 5.74) is 1.23. The van der Waals surface area contributed by atoms with Gasteiger partial charge in [0.15, 0.2) is 0 Å². The Hall–Kier alpha value is -2.31. The number of hydrogen-bond acceptors (Lipinski definition) is 4. The topological polar surface area (TPSA) is 66.4 Å². The van der Waals surface area contributed by atoms with Gasteiger partial charge in [-0.3, -0.25) is 9.59 Å². The van der Waals surface area contributed by atoms with Gasteiger partial charge in [0.1, 0.15) is 11.7 Å². The van der Waals surface area contributed by atoms with E-state index in [4.69, 9.17) is 0 Å². The number of alkyl halides is 1. The second-order valence-electron chi connectivity index (χ2n) is 11.4. The summed E-state index contributed by atoms with van der Waals surface area (Å²) in [6.45, 7) is 4.58. The number of pyridine rings is 1. The van der Waals surface area contributed by atoms with E-state index in [0.717, 1.165) is 38.9 Å². The van der Waals surface area contributed by atoms with Crippen LogP contribution in [0.1, 0.15) is 65.7 Å². The smallest absolute Gasteiger partial charge is 0.255 e. The number of carbonyl (C=O) groups excluding carboxylic acids is 1. The van der Waals surface area contributed by atoms with Crippen LogP contribution in [0.15, 0.2) is 35.3 Å². The molecule has 1 aliphatic heterocycles. The molecule has 2 aromatic rings. The van der Waals surface area contributed by atoms with Crippen molar-refractivity contribution in [2.75, 3.05) is 32.0 Å². The molecule has 1 amide bonds. The van der Waals surface area contributed by atoms with Crippen molar-refractivity contribution in [1.82, 2.24) is 14.8 Å². The summed E-state index contributed by atoms with van der Waals surface area (Å²) in [6.07, 6.45) is 4.91. The van der Waals surface area contributed by atoms with Crippen molar-refractivity contribution in [3.63, 3.8) is 0 Å². The van der Waals surface area contributed by atoms with E-state index in [2.05, 4.69) is 22.6 Å². The Balaban J connectivity index is 1.24. The molecule has 4 fully saturated rings. The third kappa shape index (κ3) is 4.16. The quantitative estimate of drug-likeness (QED) is 0.517. The maximum atomic E-state index is 14.9. The van der Waals surface area contributed by atoms with E-state index in [1.165, 1.54) is 6.07 Å². The number of rotatable bonds is 8. The molecular weight excluding hydrogens is 481 g/mol. The normalized spacial score (nSPS) is 28.9. The maximum Gasteiger partial charge on any atom is 0.255 e. The molecule has 1 aromatic heterocycles. The van der Waals surface area contributed by atoms with E-state index >= 15 is 0 Å². The fourth-order valence-corrected chi connectivity index (χ4v) is 6.65. The van der Waals surface area contributed by atoms with Gasteiger partial charge in [-0.1, -0.05) is 27.4 Å². The van der Waals surface area contributed by atoms with E-state index in [1.54, 1.807) is 35.9 Å². The molecule has 4 aliphatic rings. The molecule has 2 N–H and O–H groups in total. The molecule has 0 radical (unpaired) electrons. The number of likely N-dealkylation sites (tertiary alicyclic amines) is 1. The van der Waals surface area contributed by atoms with Crippen LogP contribution < -0.4 is 16.2 Å². The maximum absolute atomic E-state index is 14.9. The summed E-state index contributed by atoms with van der Waals surface area (Å²) < 4.78 is 30.4. The summed E-state index contributed by atoms with van der Waals surface area (Å²) in [4.78, 5) is 28.8. The second-order valence-corrected chi connectivity index (χ2v) is 12.0. The molecule has 6 atom stereocenters. The number of anilines is 1. The first-order valence-electron chi connectivity index (χ1n) is 12.9. The van der Waals surface area contributed by atoms with Crippen LogP contribution in [0.5, 0.6) is 0 Å². The number of carbonyl (C=O) groups is 1. The lowest BCUT2D eigenvalue weighted by Crippen LogP contribution is -2.31. The molecule has 3 saturated carbocycles. The SMILES string of the molecule is C[C@@H](NC(=O)c1cn([C@H]2CC23CC3)c(=O)cc1NCC1C2CN(C)CC12)c1cccc(C(F)P)c1F. The zero-order chi connectivity index (χ0) is 25.4. The van der Waals surface area contributed by atoms with Gasteiger partial charge in [-0.25, -0.2) is 8.78 Å². The molecule has 0 bridgehead atoms. The lowest BCUT2D eigenvalue weighted by atomic mass is 10.0. The van der Waals surface area contributed by atoms with Crippen molar-refractivity contribution >= 4 is 20.8 Å². The van der Waals surface area contributed by atoms with Gasteiger partial charge in [0.2, 0.25) is 0 Å². The van der Waals surface area contributed by atoms with Crippen molar-refractivity contribution in [3.8, 4) is 0 Å². The van der Waals surface area contributed by atoms with Gasteiger partial charge in [0.25, 0.3) is 11.5 Å². The van der Waals surface area contributed by atoms with E-state index in [1.807, 2.05) is 9.24 Å². The predicted octanol–water partition coefficient (Wildman–Crippen LogP) is 4.27. The van der Waals surface area contributed by atoms with Crippen LogP contribution in [0.25, 0.3) is 0 Å². The molecule has 3 aliphatic carbocycles. The molecule has 1 aromatic carbocycles. The van der Waals surface area contributed by atoms with Gasteiger partial charge in [-0.2, -0.15) is 0 Å². The molecule has 9 heteroatoms. The van der Waals surface area contributed by atoms with Crippen molar-refractivity contribution in [1.29, 1.82) is 0 Å². The van der Waals surface area contributed by atoms with E-state index in [0.29, 0.717) is 29.0 Å². The minimum Gasteiger partial charge on any atom is -0.384 e. The summed E-state index contributed by atoms with van der Waals surface area (Å²) >= 11 is 0. The molecule has 36 heavy (non-hydrogen) atoms. The third-order valence-corrected chi connectivity index (χ3v) is 9.31. The fraction of sp³-hybridized carbons (Fsp3) is 0.556. The largest absolute Gasteiger partial charge is 0.384 e. The first-order valence-corrected chi connectivity index (χ1v) is 13.5. The van der Waals surface area contributed by atoms with Crippen molar-refractivity contribution in [2.45, 2.75) is 44.2 Å². The van der Waals surface area contributed by atoms with Crippen LogP contribution in [-0.2, 0) is 0 Å².